The van der Waals surface area contributed by atoms with Crippen LogP contribution in [0.15, 0.2) is 0 Å². The number of halogens is 1. The standard InChI is InChI=1S/C10H13IO3/c11-8-5-2-1-4-6(3-12)7(5)10(13)14-9(4)8/h4-9,12H,1-3H2/t4-,5-,6+,7-,8+,9+/m0/s1. The van der Waals surface area contributed by atoms with Gasteiger partial charge >= 0.3 is 5.97 Å². The molecule has 2 saturated heterocycles. The molecule has 5 rings (SSSR count). The van der Waals surface area contributed by atoms with Gasteiger partial charge in [-0.3, -0.25) is 4.79 Å². The number of alkyl halides is 1. The van der Waals surface area contributed by atoms with Crippen molar-refractivity contribution in [2.45, 2.75) is 22.9 Å². The maximum absolute atomic E-state index is 11.6. The van der Waals surface area contributed by atoms with Crippen LogP contribution >= 0.6 is 22.6 Å². The first-order chi connectivity index (χ1) is 6.74. The number of esters is 1. The summed E-state index contributed by atoms with van der Waals surface area (Å²) in [5.74, 6) is 1.01. The van der Waals surface area contributed by atoms with Crippen molar-refractivity contribution in [3.8, 4) is 0 Å². The Balaban J connectivity index is 2.01. The molecule has 0 aromatic heterocycles. The second-order valence-electron chi connectivity index (χ2n) is 4.62. The summed E-state index contributed by atoms with van der Waals surface area (Å²) in [4.78, 5) is 11.6. The van der Waals surface area contributed by atoms with Gasteiger partial charge in [0.05, 0.1) is 9.84 Å². The van der Waals surface area contributed by atoms with Crippen molar-refractivity contribution in [1.29, 1.82) is 0 Å². The highest BCUT2D eigenvalue weighted by molar-refractivity contribution is 14.1. The molecule has 14 heavy (non-hydrogen) atoms. The van der Waals surface area contributed by atoms with Crippen LogP contribution in [-0.4, -0.2) is 27.7 Å². The third kappa shape index (κ3) is 0.988. The molecule has 5 aliphatic rings. The number of ether oxygens (including phenoxy) is 1. The largest absolute Gasteiger partial charge is 0.461 e. The number of aliphatic hydroxyl groups excluding tert-OH is 1. The molecule has 0 unspecified atom stereocenters. The van der Waals surface area contributed by atoms with Gasteiger partial charge < -0.3 is 9.84 Å². The predicted molar refractivity (Wildman–Crippen MR) is 58.0 cm³/mol. The van der Waals surface area contributed by atoms with Crippen LogP contribution < -0.4 is 0 Å². The molecule has 3 aliphatic carbocycles. The molecule has 0 amide bonds. The molecule has 0 aromatic carbocycles. The Morgan fingerprint density at radius 3 is 2.79 bits per heavy atom. The lowest BCUT2D eigenvalue weighted by Gasteiger charge is -2.57. The fourth-order valence-electron chi connectivity index (χ4n) is 3.57. The van der Waals surface area contributed by atoms with Gasteiger partial charge in [0, 0.05) is 18.4 Å². The lowest BCUT2D eigenvalue weighted by Crippen LogP contribution is -2.64. The maximum atomic E-state index is 11.6. The van der Waals surface area contributed by atoms with E-state index >= 15 is 0 Å². The minimum atomic E-state index is -0.0529. The fraction of sp³-hybridized carbons (Fsp3) is 0.900. The molecule has 2 aliphatic heterocycles. The Labute approximate surface area is 96.3 Å². The fourth-order valence-corrected chi connectivity index (χ4v) is 5.06. The smallest absolute Gasteiger partial charge is 0.309 e. The van der Waals surface area contributed by atoms with Crippen LogP contribution in [0, 0.1) is 23.7 Å². The molecule has 2 heterocycles. The monoisotopic (exact) mass is 308 g/mol. The molecule has 1 N–H and O–H groups in total. The summed E-state index contributed by atoms with van der Waals surface area (Å²) in [7, 11) is 0. The average molecular weight is 308 g/mol. The van der Waals surface area contributed by atoms with Gasteiger partial charge in [-0.2, -0.15) is 0 Å². The zero-order valence-electron chi connectivity index (χ0n) is 7.73. The normalized spacial score (nSPS) is 54.9. The zero-order valence-corrected chi connectivity index (χ0v) is 9.88. The van der Waals surface area contributed by atoms with E-state index in [2.05, 4.69) is 22.6 Å². The van der Waals surface area contributed by atoms with Gasteiger partial charge in [0.2, 0.25) is 0 Å². The van der Waals surface area contributed by atoms with Crippen LogP contribution in [0.1, 0.15) is 12.8 Å². The van der Waals surface area contributed by atoms with E-state index in [9.17, 15) is 9.90 Å². The van der Waals surface area contributed by atoms with Gasteiger partial charge in [0.25, 0.3) is 0 Å². The molecule has 6 atom stereocenters. The number of fused-ring (bicyclic) bond motifs is 2. The molecule has 78 valence electrons. The minimum absolute atomic E-state index is 0.00866. The minimum Gasteiger partial charge on any atom is -0.461 e. The Bertz CT molecular complexity index is 275. The molecule has 0 spiro atoms. The van der Waals surface area contributed by atoms with Crippen LogP contribution in [0.25, 0.3) is 0 Å². The summed E-state index contributed by atoms with van der Waals surface area (Å²) >= 11 is 2.42. The van der Waals surface area contributed by atoms with Crippen molar-refractivity contribution in [1.82, 2.24) is 0 Å². The number of rotatable bonds is 1. The van der Waals surface area contributed by atoms with E-state index in [4.69, 9.17) is 4.74 Å². The number of carbonyl (C=O) groups excluding carboxylic acids is 1. The molecule has 0 aromatic rings. The molecule has 0 radical (unpaired) electrons. The molecule has 3 saturated carbocycles. The van der Waals surface area contributed by atoms with E-state index in [1.807, 2.05) is 0 Å². The average Bonchev–Trinajstić information content (AvgIpc) is 2.20. The zero-order chi connectivity index (χ0) is 9.87. The van der Waals surface area contributed by atoms with Gasteiger partial charge in [-0.05, 0) is 18.8 Å². The summed E-state index contributed by atoms with van der Waals surface area (Å²) < 4.78 is 5.89. The second kappa shape index (κ2) is 3.07. The van der Waals surface area contributed by atoms with E-state index in [1.54, 1.807) is 0 Å². The van der Waals surface area contributed by atoms with E-state index in [0.29, 0.717) is 15.8 Å². The van der Waals surface area contributed by atoms with Gasteiger partial charge in [0.15, 0.2) is 0 Å². The summed E-state index contributed by atoms with van der Waals surface area (Å²) in [5.41, 5.74) is 0. The predicted octanol–water partition coefficient (Wildman–Crippen LogP) is 0.980. The van der Waals surface area contributed by atoms with Gasteiger partial charge in [-0.1, -0.05) is 22.6 Å². The van der Waals surface area contributed by atoms with Gasteiger partial charge in [-0.15, -0.1) is 0 Å². The highest BCUT2D eigenvalue weighted by atomic mass is 127. The first-order valence-electron chi connectivity index (χ1n) is 5.19. The number of carbonyl (C=O) groups is 1. The van der Waals surface area contributed by atoms with E-state index in [-0.39, 0.29) is 30.5 Å². The molecule has 4 bridgehead atoms. The van der Waals surface area contributed by atoms with Crippen molar-refractivity contribution in [2.75, 3.05) is 6.61 Å². The lowest BCUT2D eigenvalue weighted by molar-refractivity contribution is -0.205. The quantitative estimate of drug-likeness (QED) is 0.446. The third-order valence-electron chi connectivity index (χ3n) is 4.19. The Morgan fingerprint density at radius 2 is 2.14 bits per heavy atom. The summed E-state index contributed by atoms with van der Waals surface area (Å²) in [6.45, 7) is 0.154. The summed E-state index contributed by atoms with van der Waals surface area (Å²) in [6, 6.07) is 0. The van der Waals surface area contributed by atoms with Crippen LogP contribution in [-0.2, 0) is 9.53 Å². The molecular formula is C10H13IO3. The Morgan fingerprint density at radius 1 is 1.43 bits per heavy atom. The van der Waals surface area contributed by atoms with Crippen molar-refractivity contribution >= 4 is 28.6 Å². The topological polar surface area (TPSA) is 46.5 Å². The molecular weight excluding hydrogens is 295 g/mol. The number of aliphatic hydroxyl groups is 1. The van der Waals surface area contributed by atoms with Crippen LogP contribution in [0.3, 0.4) is 0 Å². The third-order valence-corrected chi connectivity index (χ3v) is 5.82. The van der Waals surface area contributed by atoms with Crippen LogP contribution in [0.2, 0.25) is 0 Å². The Hall–Kier alpha value is 0.160. The van der Waals surface area contributed by atoms with Crippen LogP contribution in [0.5, 0.6) is 0 Å². The molecule has 3 nitrogen and oxygen atoms in total. The Kier molecular flexibility index (Phi) is 2.06. The maximum Gasteiger partial charge on any atom is 0.309 e. The van der Waals surface area contributed by atoms with Crippen molar-refractivity contribution in [2.24, 2.45) is 23.7 Å². The summed E-state index contributed by atoms with van der Waals surface area (Å²) in [5, 5.41) is 9.33. The highest BCUT2D eigenvalue weighted by Crippen LogP contribution is 2.56. The number of hydrogen-bond acceptors (Lipinski definition) is 3. The van der Waals surface area contributed by atoms with Crippen molar-refractivity contribution in [3.05, 3.63) is 0 Å². The van der Waals surface area contributed by atoms with Gasteiger partial charge in [-0.25, -0.2) is 0 Å². The van der Waals surface area contributed by atoms with Crippen molar-refractivity contribution in [3.63, 3.8) is 0 Å². The molecule has 5 fully saturated rings. The second-order valence-corrected chi connectivity index (χ2v) is 6.06. The van der Waals surface area contributed by atoms with E-state index in [1.165, 1.54) is 0 Å². The number of hydrogen-bond donors (Lipinski definition) is 1. The van der Waals surface area contributed by atoms with E-state index in [0.717, 1.165) is 12.8 Å². The first kappa shape index (κ1) is 9.39. The highest BCUT2D eigenvalue weighted by Gasteiger charge is 2.61. The SMILES string of the molecule is O=C1O[C@H]2[C@H](I)[C@H]3CC[C@H]2[C@@H](CO)[C@@H]13. The van der Waals surface area contributed by atoms with E-state index < -0.39 is 0 Å². The summed E-state index contributed by atoms with van der Waals surface area (Å²) in [6.07, 6.45) is 2.36. The van der Waals surface area contributed by atoms with Gasteiger partial charge in [0.1, 0.15) is 6.10 Å². The lowest BCUT2D eigenvalue weighted by atomic mass is 9.56. The molecule has 4 heteroatoms. The first-order valence-corrected chi connectivity index (χ1v) is 6.44. The van der Waals surface area contributed by atoms with Crippen molar-refractivity contribution < 1.29 is 14.6 Å². The van der Waals surface area contributed by atoms with Crippen LogP contribution in [0.4, 0.5) is 0 Å².